The molecule has 0 aliphatic heterocycles. The third kappa shape index (κ3) is 6.84. The molecule has 126 valence electrons. The van der Waals surface area contributed by atoms with E-state index in [9.17, 15) is 0 Å². The van der Waals surface area contributed by atoms with E-state index in [-0.39, 0.29) is 6.29 Å². The lowest BCUT2D eigenvalue weighted by Crippen LogP contribution is -2.24. The third-order valence-corrected chi connectivity index (χ3v) is 3.83. The zero-order valence-corrected chi connectivity index (χ0v) is 13.9. The molecule has 0 radical (unpaired) electrons. The van der Waals surface area contributed by atoms with Crippen LogP contribution in [0.15, 0.2) is 23.7 Å². The maximum absolute atomic E-state index is 5.95. The summed E-state index contributed by atoms with van der Waals surface area (Å²) in [5.74, 6) is 2.10. The molecule has 0 amide bonds. The summed E-state index contributed by atoms with van der Waals surface area (Å²) >= 11 is 0. The van der Waals surface area contributed by atoms with Gasteiger partial charge in [-0.2, -0.15) is 0 Å². The standard InChI is InChI=1S/C18H30O4/c1-2-3-12-19-13-14-20-15-18(21-16-8-4-5-9-16)22-17-10-6-7-11-17/h8,10,18H,2-7,9,11-15H2,1H3. The predicted molar refractivity (Wildman–Crippen MR) is 86.4 cm³/mol. The van der Waals surface area contributed by atoms with E-state index in [0.29, 0.717) is 19.8 Å². The third-order valence-electron chi connectivity index (χ3n) is 3.83. The van der Waals surface area contributed by atoms with Gasteiger partial charge in [-0.05, 0) is 44.3 Å². The predicted octanol–water partition coefficient (Wildman–Crippen LogP) is 4.31. The van der Waals surface area contributed by atoms with Crippen molar-refractivity contribution in [3.8, 4) is 0 Å². The normalized spacial score (nSPS) is 17.7. The van der Waals surface area contributed by atoms with Gasteiger partial charge in [0.05, 0.1) is 24.7 Å². The van der Waals surface area contributed by atoms with Crippen LogP contribution in [-0.2, 0) is 18.9 Å². The Labute approximate surface area is 134 Å². The maximum atomic E-state index is 5.95. The van der Waals surface area contributed by atoms with E-state index in [2.05, 4.69) is 19.1 Å². The van der Waals surface area contributed by atoms with Gasteiger partial charge >= 0.3 is 0 Å². The molecule has 4 heteroatoms. The fourth-order valence-electron chi connectivity index (χ4n) is 2.57. The molecule has 0 unspecified atom stereocenters. The average Bonchev–Trinajstić information content (AvgIpc) is 3.20. The van der Waals surface area contributed by atoms with Gasteiger partial charge in [-0.25, -0.2) is 0 Å². The van der Waals surface area contributed by atoms with E-state index in [1.54, 1.807) is 0 Å². The summed E-state index contributed by atoms with van der Waals surface area (Å²) in [6.07, 6.45) is 12.9. The van der Waals surface area contributed by atoms with Gasteiger partial charge < -0.3 is 18.9 Å². The Morgan fingerprint density at radius 2 is 1.55 bits per heavy atom. The number of ether oxygens (including phenoxy) is 4. The minimum absolute atomic E-state index is 0.329. The average molecular weight is 310 g/mol. The van der Waals surface area contributed by atoms with E-state index in [1.807, 2.05) is 0 Å². The van der Waals surface area contributed by atoms with E-state index in [1.165, 1.54) is 12.8 Å². The lowest BCUT2D eigenvalue weighted by atomic mass is 10.3. The minimum atomic E-state index is -0.329. The van der Waals surface area contributed by atoms with Crippen LogP contribution < -0.4 is 0 Å². The fourth-order valence-corrected chi connectivity index (χ4v) is 2.57. The molecule has 0 N–H and O–H groups in total. The second kappa shape index (κ2) is 10.7. The molecule has 0 saturated heterocycles. The smallest absolute Gasteiger partial charge is 0.263 e. The first-order chi connectivity index (χ1) is 10.9. The van der Waals surface area contributed by atoms with Crippen molar-refractivity contribution in [2.24, 2.45) is 0 Å². The van der Waals surface area contributed by atoms with Gasteiger partial charge in [-0.1, -0.05) is 13.3 Å². The lowest BCUT2D eigenvalue weighted by Gasteiger charge is -2.22. The first-order valence-corrected chi connectivity index (χ1v) is 8.75. The molecule has 0 aromatic heterocycles. The van der Waals surface area contributed by atoms with Crippen molar-refractivity contribution >= 4 is 0 Å². The molecule has 0 aromatic carbocycles. The summed E-state index contributed by atoms with van der Waals surface area (Å²) < 4.78 is 23.1. The second-order valence-corrected chi connectivity index (χ2v) is 5.83. The molecule has 4 nitrogen and oxygen atoms in total. The largest absolute Gasteiger partial charge is 0.457 e. The van der Waals surface area contributed by atoms with Crippen LogP contribution in [0.1, 0.15) is 58.3 Å². The van der Waals surface area contributed by atoms with Crippen LogP contribution >= 0.6 is 0 Å². The molecule has 2 aliphatic rings. The molecule has 2 rings (SSSR count). The highest BCUT2D eigenvalue weighted by molar-refractivity contribution is 5.02. The molecule has 22 heavy (non-hydrogen) atoms. The first kappa shape index (κ1) is 17.4. The molecular weight excluding hydrogens is 280 g/mol. The van der Waals surface area contributed by atoms with Gasteiger partial charge in [0, 0.05) is 19.4 Å². The number of unbranched alkanes of at least 4 members (excludes halogenated alkanes) is 1. The monoisotopic (exact) mass is 310 g/mol. The topological polar surface area (TPSA) is 36.9 Å². The van der Waals surface area contributed by atoms with Crippen molar-refractivity contribution in [3.05, 3.63) is 23.7 Å². The Morgan fingerprint density at radius 1 is 0.909 bits per heavy atom. The van der Waals surface area contributed by atoms with Crippen molar-refractivity contribution in [1.82, 2.24) is 0 Å². The van der Waals surface area contributed by atoms with Crippen molar-refractivity contribution in [2.75, 3.05) is 26.4 Å². The van der Waals surface area contributed by atoms with Gasteiger partial charge in [0.25, 0.3) is 6.29 Å². The second-order valence-electron chi connectivity index (χ2n) is 5.83. The molecule has 0 fully saturated rings. The summed E-state index contributed by atoms with van der Waals surface area (Å²) in [4.78, 5) is 0. The summed E-state index contributed by atoms with van der Waals surface area (Å²) in [5.41, 5.74) is 0. The fraction of sp³-hybridized carbons (Fsp3) is 0.778. The highest BCUT2D eigenvalue weighted by Crippen LogP contribution is 2.24. The highest BCUT2D eigenvalue weighted by Gasteiger charge is 2.18. The van der Waals surface area contributed by atoms with E-state index in [4.69, 9.17) is 18.9 Å². The Balaban J connectivity index is 1.65. The molecule has 2 aliphatic carbocycles. The van der Waals surface area contributed by atoms with Gasteiger partial charge in [-0.15, -0.1) is 0 Å². The van der Waals surface area contributed by atoms with Crippen LogP contribution in [0.4, 0.5) is 0 Å². The Morgan fingerprint density at radius 3 is 2.09 bits per heavy atom. The summed E-state index contributed by atoms with van der Waals surface area (Å²) in [6, 6.07) is 0. The number of hydrogen-bond acceptors (Lipinski definition) is 4. The number of allylic oxidation sites excluding steroid dienone is 4. The van der Waals surface area contributed by atoms with Crippen LogP contribution in [0, 0.1) is 0 Å². The summed E-state index contributed by atoms with van der Waals surface area (Å²) in [7, 11) is 0. The van der Waals surface area contributed by atoms with Crippen molar-refractivity contribution in [1.29, 1.82) is 0 Å². The maximum Gasteiger partial charge on any atom is 0.263 e. The van der Waals surface area contributed by atoms with Crippen LogP contribution in [0.5, 0.6) is 0 Å². The van der Waals surface area contributed by atoms with Crippen LogP contribution in [-0.4, -0.2) is 32.7 Å². The zero-order chi connectivity index (χ0) is 15.5. The molecule has 0 saturated carbocycles. The first-order valence-electron chi connectivity index (χ1n) is 8.75. The zero-order valence-electron chi connectivity index (χ0n) is 13.9. The van der Waals surface area contributed by atoms with E-state index < -0.39 is 0 Å². The van der Waals surface area contributed by atoms with Crippen molar-refractivity contribution in [2.45, 2.75) is 64.6 Å². The van der Waals surface area contributed by atoms with E-state index in [0.717, 1.165) is 56.7 Å². The molecule has 0 atom stereocenters. The van der Waals surface area contributed by atoms with Crippen molar-refractivity contribution < 1.29 is 18.9 Å². The molecular formula is C18H30O4. The Bertz CT molecular complexity index is 336. The Hall–Kier alpha value is -1.00. The van der Waals surface area contributed by atoms with Crippen LogP contribution in [0.25, 0.3) is 0 Å². The molecule has 0 aromatic rings. The number of hydrogen-bond donors (Lipinski definition) is 0. The van der Waals surface area contributed by atoms with Crippen molar-refractivity contribution in [3.63, 3.8) is 0 Å². The van der Waals surface area contributed by atoms with Gasteiger partial charge in [0.1, 0.15) is 6.61 Å². The van der Waals surface area contributed by atoms with E-state index >= 15 is 0 Å². The lowest BCUT2D eigenvalue weighted by molar-refractivity contribution is -0.132. The molecule has 0 spiro atoms. The quantitative estimate of drug-likeness (QED) is 0.397. The Kier molecular flexibility index (Phi) is 8.43. The van der Waals surface area contributed by atoms with Crippen LogP contribution in [0.3, 0.4) is 0 Å². The summed E-state index contributed by atoms with van der Waals surface area (Å²) in [6.45, 7) is 4.65. The van der Waals surface area contributed by atoms with Gasteiger partial charge in [0.2, 0.25) is 0 Å². The van der Waals surface area contributed by atoms with Gasteiger partial charge in [0.15, 0.2) is 0 Å². The highest BCUT2D eigenvalue weighted by atomic mass is 16.7. The number of rotatable bonds is 12. The molecule has 0 heterocycles. The molecule has 0 bridgehead atoms. The SMILES string of the molecule is CCCCOCCOCC(OC1=CCCC1)OC1=CCCC1. The minimum Gasteiger partial charge on any atom is -0.457 e. The van der Waals surface area contributed by atoms with Gasteiger partial charge in [-0.3, -0.25) is 0 Å². The van der Waals surface area contributed by atoms with Crippen LogP contribution in [0.2, 0.25) is 0 Å². The summed E-state index contributed by atoms with van der Waals surface area (Å²) in [5, 5.41) is 0.